The predicted octanol–water partition coefficient (Wildman–Crippen LogP) is 2.12. The Morgan fingerprint density at radius 1 is 1.58 bits per heavy atom. The minimum Gasteiger partial charge on any atom is -0.477 e. The fourth-order valence-electron chi connectivity index (χ4n) is 1.72. The first-order valence-corrected chi connectivity index (χ1v) is 6.81. The van der Waals surface area contributed by atoms with Crippen LogP contribution in [0.15, 0.2) is 6.07 Å². The maximum atomic E-state index is 10.9. The van der Waals surface area contributed by atoms with Gasteiger partial charge in [0.25, 0.3) is 0 Å². The van der Waals surface area contributed by atoms with Crippen molar-refractivity contribution in [2.75, 3.05) is 26.8 Å². The lowest BCUT2D eigenvalue weighted by Gasteiger charge is -2.20. The van der Waals surface area contributed by atoms with E-state index in [9.17, 15) is 4.79 Å². The fraction of sp³-hybridized carbons (Fsp3) is 0.538. The second-order valence-corrected chi connectivity index (χ2v) is 5.43. The molecule has 0 aliphatic heterocycles. The first-order chi connectivity index (χ1) is 9.08. The Morgan fingerprint density at radius 3 is 2.84 bits per heavy atom. The van der Waals surface area contributed by atoms with E-state index in [1.165, 1.54) is 11.3 Å². The summed E-state index contributed by atoms with van der Waals surface area (Å²) in [6.45, 7) is 4.57. The smallest absolute Gasteiger partial charge is 0.345 e. The predicted molar refractivity (Wildman–Crippen MR) is 73.4 cm³/mol. The number of nitriles is 1. The number of hydrogen-bond donors (Lipinski definition) is 1. The minimum atomic E-state index is -0.889. The number of hydrogen-bond acceptors (Lipinski definition) is 5. The van der Waals surface area contributed by atoms with Gasteiger partial charge >= 0.3 is 5.97 Å². The van der Waals surface area contributed by atoms with E-state index in [0.717, 1.165) is 17.0 Å². The molecule has 5 nitrogen and oxygen atoms in total. The van der Waals surface area contributed by atoms with Crippen molar-refractivity contribution in [3.05, 3.63) is 21.4 Å². The highest BCUT2D eigenvalue weighted by atomic mass is 32.1. The first kappa shape index (κ1) is 15.6. The minimum absolute atomic E-state index is 0.361. The third-order valence-electron chi connectivity index (χ3n) is 2.78. The van der Waals surface area contributed by atoms with Gasteiger partial charge in [0.15, 0.2) is 0 Å². The fourth-order valence-corrected chi connectivity index (χ4v) is 2.59. The molecule has 0 fully saturated rings. The van der Waals surface area contributed by atoms with E-state index in [1.807, 2.05) is 6.92 Å². The number of rotatable bonds is 8. The summed E-state index contributed by atoms with van der Waals surface area (Å²) in [6, 6.07) is 3.84. The molecule has 0 atom stereocenters. The van der Waals surface area contributed by atoms with E-state index in [4.69, 9.17) is 15.1 Å². The Bertz CT molecular complexity index is 465. The molecule has 1 heterocycles. The average Bonchev–Trinajstić information content (AvgIpc) is 2.74. The van der Waals surface area contributed by atoms with E-state index in [2.05, 4.69) is 11.0 Å². The SMILES string of the molecule is COCCN(CCC#N)Cc1cc(C(=O)O)sc1C. The standard InChI is InChI=1S/C13H18N2O3S/c1-10-11(8-12(19-10)13(16)17)9-15(5-3-4-14)6-7-18-2/h8H,3,5-7,9H2,1-2H3,(H,16,17). The van der Waals surface area contributed by atoms with E-state index in [0.29, 0.717) is 31.0 Å². The van der Waals surface area contributed by atoms with Crippen molar-refractivity contribution in [3.8, 4) is 6.07 Å². The third kappa shape index (κ3) is 4.99. The lowest BCUT2D eigenvalue weighted by molar-refractivity contribution is 0.0702. The van der Waals surface area contributed by atoms with Crippen LogP contribution >= 0.6 is 11.3 Å². The molecule has 0 radical (unpaired) electrons. The summed E-state index contributed by atoms with van der Waals surface area (Å²) in [4.78, 5) is 14.4. The largest absolute Gasteiger partial charge is 0.477 e. The van der Waals surface area contributed by atoms with E-state index in [-0.39, 0.29) is 0 Å². The van der Waals surface area contributed by atoms with Crippen molar-refractivity contribution in [3.63, 3.8) is 0 Å². The van der Waals surface area contributed by atoms with Crippen LogP contribution in [0.2, 0.25) is 0 Å². The highest BCUT2D eigenvalue weighted by molar-refractivity contribution is 7.14. The van der Waals surface area contributed by atoms with Gasteiger partial charge in [-0.05, 0) is 18.6 Å². The number of carboxylic acids is 1. The normalized spacial score (nSPS) is 10.6. The van der Waals surface area contributed by atoms with Gasteiger partial charge in [0.2, 0.25) is 0 Å². The van der Waals surface area contributed by atoms with Gasteiger partial charge in [-0.25, -0.2) is 4.79 Å². The second-order valence-electron chi connectivity index (χ2n) is 4.17. The van der Waals surface area contributed by atoms with Gasteiger partial charge in [0, 0.05) is 38.0 Å². The van der Waals surface area contributed by atoms with E-state index >= 15 is 0 Å². The molecular formula is C13H18N2O3S. The van der Waals surface area contributed by atoms with Crippen LogP contribution in [0.25, 0.3) is 0 Å². The van der Waals surface area contributed by atoms with Crippen molar-refractivity contribution in [2.45, 2.75) is 19.9 Å². The van der Waals surface area contributed by atoms with Crippen molar-refractivity contribution in [1.29, 1.82) is 5.26 Å². The van der Waals surface area contributed by atoms with E-state index < -0.39 is 5.97 Å². The molecule has 0 spiro atoms. The van der Waals surface area contributed by atoms with Crippen LogP contribution in [0.1, 0.15) is 26.5 Å². The number of thiophene rings is 1. The molecule has 1 N–H and O–H groups in total. The molecule has 0 unspecified atom stereocenters. The molecule has 0 bridgehead atoms. The number of nitrogens with zero attached hydrogens (tertiary/aromatic N) is 2. The Morgan fingerprint density at radius 2 is 2.32 bits per heavy atom. The number of aryl methyl sites for hydroxylation is 1. The first-order valence-electron chi connectivity index (χ1n) is 5.99. The van der Waals surface area contributed by atoms with Crippen LogP contribution in [0.4, 0.5) is 0 Å². The number of aromatic carboxylic acids is 1. The average molecular weight is 282 g/mol. The van der Waals surface area contributed by atoms with Gasteiger partial charge in [0.1, 0.15) is 4.88 Å². The van der Waals surface area contributed by atoms with E-state index in [1.54, 1.807) is 13.2 Å². The van der Waals surface area contributed by atoms with Crippen molar-refractivity contribution >= 4 is 17.3 Å². The topological polar surface area (TPSA) is 73.6 Å². The lowest BCUT2D eigenvalue weighted by Crippen LogP contribution is -2.28. The van der Waals surface area contributed by atoms with Gasteiger partial charge in [-0.1, -0.05) is 0 Å². The number of carboxylic acid groups (broad SMARTS) is 1. The van der Waals surface area contributed by atoms with Crippen LogP contribution in [0.3, 0.4) is 0 Å². The zero-order valence-electron chi connectivity index (χ0n) is 11.2. The number of methoxy groups -OCH3 is 1. The summed E-state index contributed by atoms with van der Waals surface area (Å²) in [5, 5.41) is 17.6. The lowest BCUT2D eigenvalue weighted by atomic mass is 10.2. The van der Waals surface area contributed by atoms with Crippen LogP contribution in [-0.2, 0) is 11.3 Å². The van der Waals surface area contributed by atoms with Crippen LogP contribution in [-0.4, -0.2) is 42.8 Å². The van der Waals surface area contributed by atoms with Gasteiger partial charge in [-0.3, -0.25) is 4.90 Å². The summed E-state index contributed by atoms with van der Waals surface area (Å²) < 4.78 is 5.05. The highest BCUT2D eigenvalue weighted by Gasteiger charge is 2.14. The summed E-state index contributed by atoms with van der Waals surface area (Å²) >= 11 is 1.29. The Balaban J connectivity index is 2.71. The van der Waals surface area contributed by atoms with Crippen molar-refractivity contribution in [1.82, 2.24) is 4.90 Å². The van der Waals surface area contributed by atoms with Gasteiger partial charge in [0.05, 0.1) is 12.7 Å². The molecule has 0 saturated heterocycles. The summed E-state index contributed by atoms with van der Waals surface area (Å²) in [6.07, 6.45) is 0.457. The zero-order chi connectivity index (χ0) is 14.3. The Kier molecular flexibility index (Phi) is 6.50. The Hall–Kier alpha value is -1.42. The summed E-state index contributed by atoms with van der Waals surface area (Å²) in [7, 11) is 1.64. The third-order valence-corrected chi connectivity index (χ3v) is 3.86. The Labute approximate surface area is 117 Å². The maximum Gasteiger partial charge on any atom is 0.345 e. The molecule has 1 aromatic rings. The zero-order valence-corrected chi connectivity index (χ0v) is 12.0. The molecule has 1 rings (SSSR count). The molecule has 0 saturated carbocycles. The molecule has 1 aromatic heterocycles. The molecule has 6 heteroatoms. The molecule has 19 heavy (non-hydrogen) atoms. The number of carbonyl (C=O) groups is 1. The monoisotopic (exact) mass is 282 g/mol. The maximum absolute atomic E-state index is 10.9. The second kappa shape index (κ2) is 7.89. The molecule has 104 valence electrons. The van der Waals surface area contributed by atoms with Crippen molar-refractivity contribution < 1.29 is 14.6 Å². The molecule has 0 aliphatic rings. The highest BCUT2D eigenvalue weighted by Crippen LogP contribution is 2.23. The van der Waals surface area contributed by atoms with Crippen LogP contribution < -0.4 is 0 Å². The van der Waals surface area contributed by atoms with Gasteiger partial charge in [-0.2, -0.15) is 5.26 Å². The quantitative estimate of drug-likeness (QED) is 0.790. The summed E-state index contributed by atoms with van der Waals surface area (Å²) in [5.41, 5.74) is 1.01. The molecular weight excluding hydrogens is 264 g/mol. The van der Waals surface area contributed by atoms with Gasteiger partial charge < -0.3 is 9.84 Å². The van der Waals surface area contributed by atoms with Gasteiger partial charge in [-0.15, -0.1) is 11.3 Å². The van der Waals surface area contributed by atoms with Crippen molar-refractivity contribution in [2.24, 2.45) is 0 Å². The van der Waals surface area contributed by atoms with Crippen LogP contribution in [0.5, 0.6) is 0 Å². The molecule has 0 aromatic carbocycles. The summed E-state index contributed by atoms with van der Waals surface area (Å²) in [5.74, 6) is -0.889. The molecule has 0 aliphatic carbocycles. The number of ether oxygens (including phenoxy) is 1. The molecule has 0 amide bonds. The van der Waals surface area contributed by atoms with Crippen LogP contribution in [0, 0.1) is 18.3 Å².